The van der Waals surface area contributed by atoms with Crippen molar-refractivity contribution in [1.29, 1.82) is 5.26 Å². The number of benzene rings is 3. The fourth-order valence-corrected chi connectivity index (χ4v) is 3.72. The smallest absolute Gasteiger partial charge is 0.266 e. The van der Waals surface area contributed by atoms with Crippen LogP contribution in [-0.4, -0.2) is 12.5 Å². The lowest BCUT2D eigenvalue weighted by atomic mass is 10.1. The van der Waals surface area contributed by atoms with E-state index in [-0.39, 0.29) is 15.6 Å². The molecule has 0 heterocycles. The molecule has 1 N–H and O–H groups in total. The number of nitriles is 1. The van der Waals surface area contributed by atoms with Crippen LogP contribution in [0.1, 0.15) is 23.6 Å². The Morgan fingerprint density at radius 1 is 1.06 bits per heavy atom. The maximum absolute atomic E-state index is 12.7. The van der Waals surface area contributed by atoms with E-state index in [1.54, 1.807) is 30.3 Å². The van der Waals surface area contributed by atoms with Gasteiger partial charge in [-0.2, -0.15) is 5.26 Å². The zero-order valence-electron chi connectivity index (χ0n) is 18.5. The number of hydrogen-bond acceptors (Lipinski definition) is 4. The molecule has 0 fully saturated rings. The summed E-state index contributed by atoms with van der Waals surface area (Å²) in [6.07, 6.45) is 1.41. The molecule has 1 amide bonds. The molecule has 0 atom stereocenters. The molecular formula is C26H21Cl3N2O3. The molecule has 0 saturated heterocycles. The van der Waals surface area contributed by atoms with Gasteiger partial charge in [-0.15, -0.1) is 0 Å². The number of rotatable bonds is 8. The van der Waals surface area contributed by atoms with Crippen LogP contribution < -0.4 is 14.8 Å². The van der Waals surface area contributed by atoms with Crippen molar-refractivity contribution in [2.24, 2.45) is 0 Å². The topological polar surface area (TPSA) is 71.3 Å². The molecule has 3 rings (SSSR count). The summed E-state index contributed by atoms with van der Waals surface area (Å²) in [4.78, 5) is 12.7. The summed E-state index contributed by atoms with van der Waals surface area (Å²) < 4.78 is 11.7. The standard InChI is InChI=1S/C26H21Cl3N2O3/c1-3-33-23-13-17(12-21(28)25(23)34-15-18-8-5-4-7-16(18)2)11-19(14-30)26(32)31-22-10-6-9-20(27)24(22)29/h4-13H,3,15H2,1-2H3,(H,31,32)/b19-11+. The van der Waals surface area contributed by atoms with E-state index in [9.17, 15) is 10.1 Å². The second kappa shape index (κ2) is 11.8. The number of nitrogens with one attached hydrogen (secondary N) is 1. The molecule has 0 aliphatic rings. The lowest BCUT2D eigenvalue weighted by Crippen LogP contribution is -2.13. The maximum Gasteiger partial charge on any atom is 0.266 e. The normalized spacial score (nSPS) is 11.0. The third-order valence-corrected chi connectivity index (χ3v) is 5.94. The predicted molar refractivity (Wildman–Crippen MR) is 137 cm³/mol. The molecule has 3 aromatic rings. The molecule has 0 saturated carbocycles. The number of anilines is 1. The number of hydrogen-bond donors (Lipinski definition) is 1. The Balaban J connectivity index is 1.87. The van der Waals surface area contributed by atoms with E-state index in [1.807, 2.05) is 44.2 Å². The van der Waals surface area contributed by atoms with Crippen LogP contribution >= 0.6 is 34.8 Å². The van der Waals surface area contributed by atoms with Crippen LogP contribution in [0.4, 0.5) is 5.69 Å². The summed E-state index contributed by atoms with van der Waals surface area (Å²) in [5, 5.41) is 12.9. The van der Waals surface area contributed by atoms with Crippen LogP contribution in [0.5, 0.6) is 11.5 Å². The zero-order valence-corrected chi connectivity index (χ0v) is 20.8. The first-order valence-electron chi connectivity index (χ1n) is 10.3. The van der Waals surface area contributed by atoms with Gasteiger partial charge in [-0.05, 0) is 60.9 Å². The Hall–Kier alpha value is -3.17. The number of amides is 1. The second-order valence-electron chi connectivity index (χ2n) is 7.20. The van der Waals surface area contributed by atoms with E-state index >= 15 is 0 Å². The van der Waals surface area contributed by atoms with Gasteiger partial charge in [0.25, 0.3) is 5.91 Å². The van der Waals surface area contributed by atoms with Gasteiger partial charge >= 0.3 is 0 Å². The minimum atomic E-state index is -0.638. The number of carbonyl (C=O) groups excluding carboxylic acids is 1. The van der Waals surface area contributed by atoms with Crippen molar-refractivity contribution in [2.75, 3.05) is 11.9 Å². The SMILES string of the molecule is CCOc1cc(/C=C(\C#N)C(=O)Nc2cccc(Cl)c2Cl)cc(Cl)c1OCc1ccccc1C. The van der Waals surface area contributed by atoms with E-state index < -0.39 is 5.91 Å². The number of nitrogens with zero attached hydrogens (tertiary/aromatic N) is 1. The average Bonchev–Trinajstić information content (AvgIpc) is 2.81. The molecule has 5 nitrogen and oxygen atoms in total. The molecule has 34 heavy (non-hydrogen) atoms. The summed E-state index contributed by atoms with van der Waals surface area (Å²) in [5.41, 5.74) is 2.77. The molecule has 0 aromatic heterocycles. The second-order valence-corrected chi connectivity index (χ2v) is 8.40. The number of ether oxygens (including phenoxy) is 2. The predicted octanol–water partition coefficient (Wildman–Crippen LogP) is 7.48. The fourth-order valence-electron chi connectivity index (χ4n) is 3.10. The van der Waals surface area contributed by atoms with Gasteiger partial charge in [-0.1, -0.05) is 65.1 Å². The molecular weight excluding hydrogens is 495 g/mol. The first kappa shape index (κ1) is 25.5. The Morgan fingerprint density at radius 2 is 1.82 bits per heavy atom. The monoisotopic (exact) mass is 514 g/mol. The molecule has 174 valence electrons. The first-order chi connectivity index (χ1) is 16.3. The van der Waals surface area contributed by atoms with Gasteiger partial charge in [0, 0.05) is 0 Å². The van der Waals surface area contributed by atoms with Crippen molar-refractivity contribution >= 4 is 52.5 Å². The molecule has 3 aromatic carbocycles. The number of halogens is 3. The van der Waals surface area contributed by atoms with Crippen LogP contribution in [0.3, 0.4) is 0 Å². The minimum absolute atomic E-state index is 0.150. The van der Waals surface area contributed by atoms with E-state index in [0.29, 0.717) is 41.0 Å². The molecule has 0 unspecified atom stereocenters. The van der Waals surface area contributed by atoms with Gasteiger partial charge in [0.05, 0.1) is 27.4 Å². The van der Waals surface area contributed by atoms with Gasteiger partial charge in [-0.25, -0.2) is 0 Å². The van der Waals surface area contributed by atoms with Crippen molar-refractivity contribution in [3.63, 3.8) is 0 Å². The van der Waals surface area contributed by atoms with Crippen molar-refractivity contribution in [2.45, 2.75) is 20.5 Å². The molecule has 0 radical (unpaired) electrons. The Bertz CT molecular complexity index is 1280. The minimum Gasteiger partial charge on any atom is -0.490 e. The first-order valence-corrected chi connectivity index (χ1v) is 11.5. The lowest BCUT2D eigenvalue weighted by molar-refractivity contribution is -0.112. The highest BCUT2D eigenvalue weighted by atomic mass is 35.5. The van der Waals surface area contributed by atoms with Crippen LogP contribution in [0.25, 0.3) is 6.08 Å². The molecule has 8 heteroatoms. The summed E-state index contributed by atoms with van der Waals surface area (Å²) in [5.74, 6) is 0.156. The molecule has 0 spiro atoms. The van der Waals surface area contributed by atoms with Crippen LogP contribution in [0.2, 0.25) is 15.1 Å². The number of aryl methyl sites for hydroxylation is 1. The van der Waals surface area contributed by atoms with Gasteiger partial charge in [0.15, 0.2) is 11.5 Å². The van der Waals surface area contributed by atoms with Gasteiger partial charge < -0.3 is 14.8 Å². The van der Waals surface area contributed by atoms with Crippen LogP contribution in [0, 0.1) is 18.3 Å². The van der Waals surface area contributed by atoms with E-state index in [2.05, 4.69) is 5.32 Å². The van der Waals surface area contributed by atoms with Crippen LogP contribution in [-0.2, 0) is 11.4 Å². The van der Waals surface area contributed by atoms with E-state index in [0.717, 1.165) is 11.1 Å². The third-order valence-electron chi connectivity index (χ3n) is 4.84. The third kappa shape index (κ3) is 6.24. The zero-order chi connectivity index (χ0) is 24.7. The summed E-state index contributed by atoms with van der Waals surface area (Å²) >= 11 is 18.6. The van der Waals surface area contributed by atoms with Gasteiger partial charge in [0.1, 0.15) is 18.2 Å². The Labute approximate surface area is 213 Å². The maximum atomic E-state index is 12.7. The summed E-state index contributed by atoms with van der Waals surface area (Å²) in [7, 11) is 0. The molecule has 0 aliphatic carbocycles. The fraction of sp³-hybridized carbons (Fsp3) is 0.154. The van der Waals surface area contributed by atoms with Gasteiger partial charge in [0.2, 0.25) is 0 Å². The van der Waals surface area contributed by atoms with E-state index in [4.69, 9.17) is 44.3 Å². The lowest BCUT2D eigenvalue weighted by Gasteiger charge is -2.15. The quantitative estimate of drug-likeness (QED) is 0.249. The summed E-state index contributed by atoms with van der Waals surface area (Å²) in [6.45, 7) is 4.53. The molecule has 0 aliphatic heterocycles. The van der Waals surface area contributed by atoms with Crippen molar-refractivity contribution < 1.29 is 14.3 Å². The largest absolute Gasteiger partial charge is 0.490 e. The average molecular weight is 516 g/mol. The Kier molecular flexibility index (Phi) is 8.84. The highest BCUT2D eigenvalue weighted by Gasteiger charge is 2.16. The van der Waals surface area contributed by atoms with Crippen molar-refractivity contribution in [3.05, 3.63) is 91.9 Å². The number of carbonyl (C=O) groups is 1. The van der Waals surface area contributed by atoms with E-state index in [1.165, 1.54) is 6.08 Å². The van der Waals surface area contributed by atoms with Gasteiger partial charge in [-0.3, -0.25) is 4.79 Å². The van der Waals surface area contributed by atoms with Crippen molar-refractivity contribution in [3.8, 4) is 17.6 Å². The summed E-state index contributed by atoms with van der Waals surface area (Å²) in [6, 6.07) is 17.9. The highest BCUT2D eigenvalue weighted by Crippen LogP contribution is 2.38. The van der Waals surface area contributed by atoms with Crippen LogP contribution in [0.15, 0.2) is 60.2 Å². The molecule has 0 bridgehead atoms. The Morgan fingerprint density at radius 3 is 2.53 bits per heavy atom. The highest BCUT2D eigenvalue weighted by molar-refractivity contribution is 6.44. The van der Waals surface area contributed by atoms with Crippen molar-refractivity contribution in [1.82, 2.24) is 0 Å².